The first-order valence-electron chi connectivity index (χ1n) is 10.9. The van der Waals surface area contributed by atoms with Crippen LogP contribution in [0.5, 0.6) is 0 Å². The molecule has 0 N–H and O–H groups in total. The SMILES string of the molecule is O=C1C(Cc2ccc(-c3cccc(Cl)c3)cc2Cl)CCN1C1CCC2(CC1)CC2. The zero-order chi connectivity index (χ0) is 20.0. The number of hydrogen-bond acceptors (Lipinski definition) is 1. The highest BCUT2D eigenvalue weighted by atomic mass is 35.5. The monoisotopic (exact) mass is 427 g/mol. The van der Waals surface area contributed by atoms with E-state index < -0.39 is 0 Å². The minimum atomic E-state index is 0.0707. The van der Waals surface area contributed by atoms with Crippen molar-refractivity contribution in [2.75, 3.05) is 6.54 Å². The molecule has 2 aromatic carbocycles. The fourth-order valence-corrected chi connectivity index (χ4v) is 5.79. The molecular formula is C25H27Cl2NO. The average molecular weight is 428 g/mol. The molecule has 1 unspecified atom stereocenters. The molecule has 152 valence electrons. The Kier molecular flexibility index (Phi) is 5.12. The summed E-state index contributed by atoms with van der Waals surface area (Å²) >= 11 is 12.7. The molecule has 1 amide bonds. The van der Waals surface area contributed by atoms with Gasteiger partial charge in [0, 0.05) is 28.5 Å². The van der Waals surface area contributed by atoms with Gasteiger partial charge in [-0.15, -0.1) is 0 Å². The zero-order valence-corrected chi connectivity index (χ0v) is 18.2. The van der Waals surface area contributed by atoms with Gasteiger partial charge in [0.05, 0.1) is 0 Å². The molecule has 1 spiro atoms. The number of hydrogen-bond donors (Lipinski definition) is 0. The van der Waals surface area contributed by atoms with Crippen molar-refractivity contribution in [3.63, 3.8) is 0 Å². The Hall–Kier alpha value is -1.51. The summed E-state index contributed by atoms with van der Waals surface area (Å²) in [6.07, 6.45) is 9.57. The summed E-state index contributed by atoms with van der Waals surface area (Å²) in [5.41, 5.74) is 3.85. The van der Waals surface area contributed by atoms with Gasteiger partial charge in [0.2, 0.25) is 5.91 Å². The van der Waals surface area contributed by atoms with Crippen LogP contribution in [0.3, 0.4) is 0 Å². The Morgan fingerprint density at radius 1 is 0.931 bits per heavy atom. The molecular weight excluding hydrogens is 401 g/mol. The third-order valence-electron chi connectivity index (χ3n) is 7.44. The van der Waals surface area contributed by atoms with Crippen molar-refractivity contribution in [1.82, 2.24) is 4.90 Å². The van der Waals surface area contributed by atoms with Crippen LogP contribution in [-0.2, 0) is 11.2 Å². The molecule has 2 aromatic rings. The summed E-state index contributed by atoms with van der Waals surface area (Å²) in [6, 6.07) is 14.4. The van der Waals surface area contributed by atoms with Crippen molar-refractivity contribution >= 4 is 29.1 Å². The second-order valence-corrected chi connectivity index (χ2v) is 10.1. The van der Waals surface area contributed by atoms with Crippen molar-refractivity contribution in [2.24, 2.45) is 11.3 Å². The predicted molar refractivity (Wildman–Crippen MR) is 119 cm³/mol. The molecule has 0 aromatic heterocycles. The van der Waals surface area contributed by atoms with Gasteiger partial charge in [0.1, 0.15) is 0 Å². The van der Waals surface area contributed by atoms with E-state index in [9.17, 15) is 4.79 Å². The molecule has 2 saturated carbocycles. The van der Waals surface area contributed by atoms with Gasteiger partial charge in [-0.2, -0.15) is 0 Å². The molecule has 3 aliphatic rings. The molecule has 4 heteroatoms. The van der Waals surface area contributed by atoms with Crippen LogP contribution in [0.1, 0.15) is 50.5 Å². The normalized spacial score (nSPS) is 23.7. The average Bonchev–Trinajstić information content (AvgIpc) is 3.38. The van der Waals surface area contributed by atoms with Crippen LogP contribution >= 0.6 is 23.2 Å². The highest BCUT2D eigenvalue weighted by Crippen LogP contribution is 2.56. The summed E-state index contributed by atoms with van der Waals surface area (Å²) in [6.45, 7) is 0.916. The lowest BCUT2D eigenvalue weighted by atomic mass is 9.83. The molecule has 0 radical (unpaired) electrons. The standard InChI is InChI=1S/C25H27Cl2NO/c26-21-3-1-2-17(15-21)18-4-5-19(23(27)16-18)14-20-8-13-28(24(20)29)22-6-9-25(10-7-22)11-12-25/h1-5,15-16,20,22H,6-14H2. The van der Waals surface area contributed by atoms with Crippen molar-refractivity contribution in [2.45, 2.75) is 57.4 Å². The number of carbonyl (C=O) groups excluding carboxylic acids is 1. The Bertz CT molecular complexity index is 926. The van der Waals surface area contributed by atoms with E-state index in [4.69, 9.17) is 23.2 Å². The maximum atomic E-state index is 13.1. The maximum Gasteiger partial charge on any atom is 0.226 e. The molecule has 1 saturated heterocycles. The summed E-state index contributed by atoms with van der Waals surface area (Å²) < 4.78 is 0. The Balaban J connectivity index is 1.25. The van der Waals surface area contributed by atoms with E-state index in [1.54, 1.807) is 0 Å². The van der Waals surface area contributed by atoms with E-state index in [0.29, 0.717) is 17.4 Å². The molecule has 29 heavy (non-hydrogen) atoms. The third kappa shape index (κ3) is 3.94. The lowest BCUT2D eigenvalue weighted by Crippen LogP contribution is -2.40. The van der Waals surface area contributed by atoms with Crippen LogP contribution < -0.4 is 0 Å². The molecule has 2 nitrogen and oxygen atoms in total. The lowest BCUT2D eigenvalue weighted by Gasteiger charge is -2.35. The molecule has 5 rings (SSSR count). The summed E-state index contributed by atoms with van der Waals surface area (Å²) in [5.74, 6) is 0.415. The van der Waals surface area contributed by atoms with Crippen LogP contribution in [0.2, 0.25) is 10.0 Å². The fraction of sp³-hybridized carbons (Fsp3) is 0.480. The van der Waals surface area contributed by atoms with E-state index in [-0.39, 0.29) is 5.92 Å². The highest BCUT2D eigenvalue weighted by molar-refractivity contribution is 6.32. The minimum absolute atomic E-state index is 0.0707. The molecule has 0 bridgehead atoms. The first-order valence-corrected chi connectivity index (χ1v) is 11.6. The quantitative estimate of drug-likeness (QED) is 0.526. The van der Waals surface area contributed by atoms with Crippen LogP contribution in [0.4, 0.5) is 0 Å². The van der Waals surface area contributed by atoms with E-state index in [0.717, 1.165) is 46.1 Å². The van der Waals surface area contributed by atoms with Crippen LogP contribution in [-0.4, -0.2) is 23.4 Å². The fourth-order valence-electron chi connectivity index (χ4n) is 5.34. The smallest absolute Gasteiger partial charge is 0.226 e. The van der Waals surface area contributed by atoms with Crippen molar-refractivity contribution in [3.05, 3.63) is 58.1 Å². The first-order chi connectivity index (χ1) is 14.0. The van der Waals surface area contributed by atoms with Gasteiger partial charge < -0.3 is 4.90 Å². The Morgan fingerprint density at radius 3 is 2.38 bits per heavy atom. The Morgan fingerprint density at radius 2 is 1.69 bits per heavy atom. The van der Waals surface area contributed by atoms with E-state index in [2.05, 4.69) is 17.0 Å². The molecule has 1 heterocycles. The summed E-state index contributed by atoms with van der Waals surface area (Å²) in [5, 5.41) is 1.46. The number of amides is 1. The van der Waals surface area contributed by atoms with Crippen molar-refractivity contribution in [3.8, 4) is 11.1 Å². The topological polar surface area (TPSA) is 20.3 Å². The largest absolute Gasteiger partial charge is 0.339 e. The van der Waals surface area contributed by atoms with Gasteiger partial charge in [-0.05, 0) is 91.7 Å². The number of benzene rings is 2. The van der Waals surface area contributed by atoms with Crippen LogP contribution in [0, 0.1) is 11.3 Å². The molecule has 1 aliphatic heterocycles. The zero-order valence-electron chi connectivity index (χ0n) is 16.7. The maximum absolute atomic E-state index is 13.1. The number of nitrogens with zero attached hydrogens (tertiary/aromatic N) is 1. The second-order valence-electron chi connectivity index (χ2n) is 9.27. The second kappa shape index (κ2) is 7.63. The number of carbonyl (C=O) groups is 1. The number of rotatable bonds is 4. The third-order valence-corrected chi connectivity index (χ3v) is 8.03. The van der Waals surface area contributed by atoms with Crippen LogP contribution in [0.15, 0.2) is 42.5 Å². The van der Waals surface area contributed by atoms with Gasteiger partial charge >= 0.3 is 0 Å². The minimum Gasteiger partial charge on any atom is -0.339 e. The van der Waals surface area contributed by atoms with Crippen molar-refractivity contribution in [1.29, 1.82) is 0 Å². The lowest BCUT2D eigenvalue weighted by molar-refractivity contribution is -0.133. The molecule has 2 aliphatic carbocycles. The number of likely N-dealkylation sites (tertiary alicyclic amines) is 1. The number of halogens is 2. The highest BCUT2D eigenvalue weighted by Gasteiger charge is 2.47. The van der Waals surface area contributed by atoms with Crippen molar-refractivity contribution < 1.29 is 4.79 Å². The van der Waals surface area contributed by atoms with Gasteiger partial charge in [-0.25, -0.2) is 0 Å². The van der Waals surface area contributed by atoms with Crippen LogP contribution in [0.25, 0.3) is 11.1 Å². The summed E-state index contributed by atoms with van der Waals surface area (Å²) in [7, 11) is 0. The van der Waals surface area contributed by atoms with Gasteiger partial charge in [0.15, 0.2) is 0 Å². The molecule has 1 atom stereocenters. The van der Waals surface area contributed by atoms with E-state index in [1.807, 2.05) is 30.3 Å². The van der Waals surface area contributed by atoms with Gasteiger partial charge in [-0.3, -0.25) is 4.79 Å². The predicted octanol–water partition coefficient (Wildman–Crippen LogP) is 6.77. The van der Waals surface area contributed by atoms with Gasteiger partial charge in [0.25, 0.3) is 0 Å². The van der Waals surface area contributed by atoms with E-state index in [1.165, 1.54) is 38.5 Å². The molecule has 3 fully saturated rings. The first kappa shape index (κ1) is 19.5. The van der Waals surface area contributed by atoms with E-state index >= 15 is 0 Å². The Labute approximate surface area is 183 Å². The van der Waals surface area contributed by atoms with Gasteiger partial charge in [-0.1, -0.05) is 47.5 Å². The summed E-state index contributed by atoms with van der Waals surface area (Å²) in [4.78, 5) is 15.3.